The number of anilines is 1. The smallest absolute Gasteiger partial charge is 0.333 e. The number of amides is 3. The van der Waals surface area contributed by atoms with Crippen LogP contribution in [0.3, 0.4) is 0 Å². The van der Waals surface area contributed by atoms with Crippen molar-refractivity contribution < 1.29 is 28.7 Å². The zero-order valence-corrected chi connectivity index (χ0v) is 20.0. The van der Waals surface area contributed by atoms with Gasteiger partial charge in [0, 0.05) is 24.4 Å². The number of carbonyl (C=O) groups is 4. The van der Waals surface area contributed by atoms with Crippen molar-refractivity contribution in [3.8, 4) is 5.75 Å². The highest BCUT2D eigenvalue weighted by Crippen LogP contribution is 2.17. The summed E-state index contributed by atoms with van der Waals surface area (Å²) in [6.07, 6.45) is 0. The molecule has 1 atom stereocenters. The molecule has 0 bridgehead atoms. The molecule has 36 heavy (non-hydrogen) atoms. The molecule has 9 nitrogen and oxygen atoms in total. The standard InChI is InChI=1S/C27H27N3O6/c1-30(17-23(31)28-21-14-9-15-22(16-21)35-2)24(32)18-36-27(34)25(19-10-5-3-6-11-19)29-26(33)20-12-7-4-8-13-20/h3-16,25H,17-18H2,1-2H3,(H,28,31)(H,29,33)/t25-/m0/s1. The number of carbonyl (C=O) groups excluding carboxylic acids is 4. The Labute approximate surface area is 209 Å². The second-order valence-electron chi connectivity index (χ2n) is 7.82. The number of hydrogen-bond donors (Lipinski definition) is 2. The summed E-state index contributed by atoms with van der Waals surface area (Å²) in [4.78, 5) is 51.5. The SMILES string of the molecule is COc1cccc(NC(=O)CN(C)C(=O)COC(=O)[C@@H](NC(=O)c2ccccc2)c2ccccc2)c1. The molecule has 0 aromatic heterocycles. The Morgan fingerprint density at radius 2 is 1.56 bits per heavy atom. The van der Waals surface area contributed by atoms with E-state index in [1.807, 2.05) is 0 Å². The van der Waals surface area contributed by atoms with E-state index in [0.29, 0.717) is 22.6 Å². The Balaban J connectivity index is 1.57. The molecule has 0 aliphatic carbocycles. The van der Waals surface area contributed by atoms with Crippen LogP contribution in [0.4, 0.5) is 5.69 Å². The number of nitrogens with zero attached hydrogens (tertiary/aromatic N) is 1. The van der Waals surface area contributed by atoms with Gasteiger partial charge in [-0.2, -0.15) is 0 Å². The Morgan fingerprint density at radius 3 is 2.22 bits per heavy atom. The summed E-state index contributed by atoms with van der Waals surface area (Å²) in [6.45, 7) is -0.841. The van der Waals surface area contributed by atoms with Crippen LogP contribution in [0.1, 0.15) is 22.0 Å². The van der Waals surface area contributed by atoms with Gasteiger partial charge in [-0.3, -0.25) is 14.4 Å². The van der Waals surface area contributed by atoms with Crippen LogP contribution in [0.25, 0.3) is 0 Å². The van der Waals surface area contributed by atoms with Crippen molar-refractivity contribution in [2.75, 3.05) is 32.6 Å². The molecule has 3 aromatic carbocycles. The van der Waals surface area contributed by atoms with Gasteiger partial charge in [0.15, 0.2) is 12.6 Å². The molecule has 9 heteroatoms. The minimum atomic E-state index is -1.12. The van der Waals surface area contributed by atoms with Gasteiger partial charge in [-0.25, -0.2) is 4.79 Å². The van der Waals surface area contributed by atoms with E-state index in [2.05, 4.69) is 10.6 Å². The molecule has 3 rings (SSSR count). The van der Waals surface area contributed by atoms with Gasteiger partial charge in [0.1, 0.15) is 5.75 Å². The van der Waals surface area contributed by atoms with Gasteiger partial charge in [-0.15, -0.1) is 0 Å². The molecule has 0 fully saturated rings. The van der Waals surface area contributed by atoms with E-state index in [-0.39, 0.29) is 6.54 Å². The number of methoxy groups -OCH3 is 1. The summed E-state index contributed by atoms with van der Waals surface area (Å²) in [5.41, 5.74) is 1.40. The maximum atomic E-state index is 12.9. The third-order valence-corrected chi connectivity index (χ3v) is 5.18. The zero-order valence-electron chi connectivity index (χ0n) is 20.0. The Kier molecular flexibility index (Phi) is 9.16. The summed E-state index contributed by atoms with van der Waals surface area (Å²) >= 11 is 0. The lowest BCUT2D eigenvalue weighted by atomic mass is 10.1. The van der Waals surface area contributed by atoms with Crippen molar-refractivity contribution in [2.45, 2.75) is 6.04 Å². The van der Waals surface area contributed by atoms with Crippen molar-refractivity contribution >= 4 is 29.4 Å². The predicted octanol–water partition coefficient (Wildman–Crippen LogP) is 2.81. The van der Waals surface area contributed by atoms with Crippen LogP contribution >= 0.6 is 0 Å². The first-order valence-electron chi connectivity index (χ1n) is 11.1. The largest absolute Gasteiger partial charge is 0.497 e. The van der Waals surface area contributed by atoms with Crippen LogP contribution in [0.15, 0.2) is 84.9 Å². The molecule has 0 aliphatic heterocycles. The molecule has 0 unspecified atom stereocenters. The number of esters is 1. The number of hydrogen-bond acceptors (Lipinski definition) is 6. The number of benzene rings is 3. The number of nitrogens with one attached hydrogen (secondary N) is 2. The van der Waals surface area contributed by atoms with Gasteiger partial charge >= 0.3 is 5.97 Å². The molecular weight excluding hydrogens is 462 g/mol. The molecule has 2 N–H and O–H groups in total. The summed E-state index contributed by atoms with van der Waals surface area (Å²) < 4.78 is 10.3. The van der Waals surface area contributed by atoms with Crippen molar-refractivity contribution in [1.82, 2.24) is 10.2 Å². The third-order valence-electron chi connectivity index (χ3n) is 5.18. The maximum Gasteiger partial charge on any atom is 0.333 e. The normalized spacial score (nSPS) is 11.1. The van der Waals surface area contributed by atoms with Crippen molar-refractivity contribution in [2.24, 2.45) is 0 Å². The molecule has 0 saturated heterocycles. The lowest BCUT2D eigenvalue weighted by molar-refractivity contribution is -0.153. The fourth-order valence-corrected chi connectivity index (χ4v) is 3.26. The minimum absolute atomic E-state index is 0.250. The Hall–Kier alpha value is -4.66. The molecule has 3 amide bonds. The van der Waals surface area contributed by atoms with Crippen molar-refractivity contribution in [3.63, 3.8) is 0 Å². The topological polar surface area (TPSA) is 114 Å². The average molecular weight is 490 g/mol. The van der Waals surface area contributed by atoms with Crippen molar-refractivity contribution in [1.29, 1.82) is 0 Å². The van der Waals surface area contributed by atoms with Crippen LogP contribution in [0.5, 0.6) is 5.75 Å². The first kappa shape index (κ1) is 26.0. The summed E-state index contributed by atoms with van der Waals surface area (Å²) in [5.74, 6) is -1.68. The number of likely N-dealkylation sites (N-methyl/N-ethyl adjacent to an activating group) is 1. The van der Waals surface area contributed by atoms with E-state index in [1.54, 1.807) is 84.9 Å². The van der Waals surface area contributed by atoms with Crippen LogP contribution in [-0.4, -0.2) is 55.9 Å². The molecular formula is C27H27N3O6. The van der Waals surface area contributed by atoms with Gasteiger partial charge < -0.3 is 25.0 Å². The maximum absolute atomic E-state index is 12.9. The molecule has 3 aromatic rings. The molecule has 186 valence electrons. The Morgan fingerprint density at radius 1 is 0.889 bits per heavy atom. The highest BCUT2D eigenvalue weighted by atomic mass is 16.5. The van der Waals surface area contributed by atoms with E-state index in [9.17, 15) is 19.2 Å². The van der Waals surface area contributed by atoms with E-state index >= 15 is 0 Å². The summed E-state index contributed by atoms with van der Waals surface area (Å²) in [7, 11) is 2.94. The van der Waals surface area contributed by atoms with E-state index in [0.717, 1.165) is 4.90 Å². The molecule has 0 saturated carbocycles. The number of ether oxygens (including phenoxy) is 2. The van der Waals surface area contributed by atoms with Gasteiger partial charge in [0.25, 0.3) is 11.8 Å². The number of rotatable bonds is 10. The lowest BCUT2D eigenvalue weighted by Crippen LogP contribution is -2.39. The third kappa shape index (κ3) is 7.42. The summed E-state index contributed by atoms with van der Waals surface area (Å²) in [6, 6.07) is 22.7. The lowest BCUT2D eigenvalue weighted by Gasteiger charge is -2.20. The highest BCUT2D eigenvalue weighted by molar-refractivity contribution is 5.97. The zero-order chi connectivity index (χ0) is 25.9. The molecule has 0 spiro atoms. The molecule has 0 radical (unpaired) electrons. The second kappa shape index (κ2) is 12.7. The van der Waals surface area contributed by atoms with Crippen LogP contribution in [-0.2, 0) is 19.1 Å². The van der Waals surface area contributed by atoms with Crippen LogP contribution in [0.2, 0.25) is 0 Å². The predicted molar refractivity (Wildman–Crippen MR) is 133 cm³/mol. The van der Waals surface area contributed by atoms with Gasteiger partial charge in [-0.1, -0.05) is 54.6 Å². The second-order valence-corrected chi connectivity index (χ2v) is 7.82. The summed E-state index contributed by atoms with van der Waals surface area (Å²) in [5, 5.41) is 5.33. The van der Waals surface area contributed by atoms with E-state index in [4.69, 9.17) is 9.47 Å². The monoisotopic (exact) mass is 489 g/mol. The van der Waals surface area contributed by atoms with Gasteiger partial charge in [0.2, 0.25) is 5.91 Å². The van der Waals surface area contributed by atoms with Crippen molar-refractivity contribution in [3.05, 3.63) is 96.1 Å². The quantitative estimate of drug-likeness (QED) is 0.424. The van der Waals surface area contributed by atoms with E-state index < -0.39 is 36.3 Å². The highest BCUT2D eigenvalue weighted by Gasteiger charge is 2.26. The first-order chi connectivity index (χ1) is 17.4. The van der Waals surface area contributed by atoms with Crippen LogP contribution in [0, 0.1) is 0 Å². The average Bonchev–Trinajstić information content (AvgIpc) is 2.90. The fourth-order valence-electron chi connectivity index (χ4n) is 3.26. The Bertz CT molecular complexity index is 1200. The molecule has 0 heterocycles. The minimum Gasteiger partial charge on any atom is -0.497 e. The van der Waals surface area contributed by atoms with Gasteiger partial charge in [0.05, 0.1) is 13.7 Å². The van der Waals surface area contributed by atoms with Gasteiger partial charge in [-0.05, 0) is 29.8 Å². The molecule has 0 aliphatic rings. The van der Waals surface area contributed by atoms with E-state index in [1.165, 1.54) is 14.2 Å². The van der Waals surface area contributed by atoms with Crippen LogP contribution < -0.4 is 15.4 Å². The fraction of sp³-hybridized carbons (Fsp3) is 0.185. The first-order valence-corrected chi connectivity index (χ1v) is 11.1.